The molecule has 156 valence electrons. The SMILES string of the molecule is CCCCCC(/C=C/C1=C(C/C=C\CCCC(=O)OC)C(=O)CC1)OC(C)=O. The van der Waals surface area contributed by atoms with Crippen LogP contribution in [0.15, 0.2) is 35.5 Å². The van der Waals surface area contributed by atoms with Crippen molar-refractivity contribution in [1.82, 2.24) is 0 Å². The average Bonchev–Trinajstić information content (AvgIpc) is 3.01. The van der Waals surface area contributed by atoms with Crippen LogP contribution in [0, 0.1) is 0 Å². The number of ketones is 1. The zero-order chi connectivity index (χ0) is 20.8. The third-order valence-electron chi connectivity index (χ3n) is 4.74. The average molecular weight is 391 g/mol. The number of carbonyl (C=O) groups is 3. The van der Waals surface area contributed by atoms with Crippen molar-refractivity contribution in [3.05, 3.63) is 35.5 Å². The third kappa shape index (κ3) is 9.67. The van der Waals surface area contributed by atoms with E-state index in [0.717, 1.165) is 56.1 Å². The first-order chi connectivity index (χ1) is 13.5. The van der Waals surface area contributed by atoms with Crippen molar-refractivity contribution in [1.29, 1.82) is 0 Å². The number of Topliss-reactive ketones (excluding diaryl/α,β-unsaturated/α-hetero) is 1. The second-order valence-corrected chi connectivity index (χ2v) is 7.07. The van der Waals surface area contributed by atoms with Crippen LogP contribution in [0.25, 0.3) is 0 Å². The minimum atomic E-state index is -0.280. The van der Waals surface area contributed by atoms with Gasteiger partial charge in [0.2, 0.25) is 0 Å². The highest BCUT2D eigenvalue weighted by atomic mass is 16.5. The minimum Gasteiger partial charge on any atom is -0.469 e. The molecule has 1 atom stereocenters. The summed E-state index contributed by atoms with van der Waals surface area (Å²) in [7, 11) is 1.39. The second-order valence-electron chi connectivity index (χ2n) is 7.07. The van der Waals surface area contributed by atoms with E-state index in [1.165, 1.54) is 14.0 Å². The molecule has 0 saturated heterocycles. The molecule has 0 aromatic carbocycles. The summed E-state index contributed by atoms with van der Waals surface area (Å²) in [4.78, 5) is 34.6. The Morgan fingerprint density at radius 2 is 1.93 bits per heavy atom. The van der Waals surface area contributed by atoms with Gasteiger partial charge in [0.25, 0.3) is 0 Å². The predicted molar refractivity (Wildman–Crippen MR) is 110 cm³/mol. The molecule has 0 heterocycles. The van der Waals surface area contributed by atoms with E-state index in [1.807, 2.05) is 24.3 Å². The molecule has 0 N–H and O–H groups in total. The topological polar surface area (TPSA) is 69.7 Å². The summed E-state index contributed by atoms with van der Waals surface area (Å²) in [5.41, 5.74) is 1.88. The first-order valence-electron chi connectivity index (χ1n) is 10.3. The van der Waals surface area contributed by atoms with Crippen molar-refractivity contribution < 1.29 is 23.9 Å². The first-order valence-corrected chi connectivity index (χ1v) is 10.3. The number of rotatable bonds is 13. The van der Waals surface area contributed by atoms with Gasteiger partial charge in [0.05, 0.1) is 7.11 Å². The fraction of sp³-hybridized carbons (Fsp3) is 0.609. The molecule has 0 aromatic rings. The Hall–Kier alpha value is -2.17. The van der Waals surface area contributed by atoms with Crippen molar-refractivity contribution in [3.8, 4) is 0 Å². The molecule has 0 spiro atoms. The normalized spacial score (nSPS) is 15.6. The molecule has 1 rings (SSSR count). The van der Waals surface area contributed by atoms with Crippen LogP contribution < -0.4 is 0 Å². The van der Waals surface area contributed by atoms with Gasteiger partial charge < -0.3 is 9.47 Å². The van der Waals surface area contributed by atoms with Crippen LogP contribution >= 0.6 is 0 Å². The first kappa shape index (κ1) is 23.9. The van der Waals surface area contributed by atoms with Crippen LogP contribution in [0.3, 0.4) is 0 Å². The summed E-state index contributed by atoms with van der Waals surface area (Å²) in [6, 6.07) is 0. The number of hydrogen-bond acceptors (Lipinski definition) is 5. The largest absolute Gasteiger partial charge is 0.469 e. The Morgan fingerprint density at radius 3 is 2.61 bits per heavy atom. The van der Waals surface area contributed by atoms with E-state index in [-0.39, 0.29) is 23.8 Å². The van der Waals surface area contributed by atoms with E-state index in [4.69, 9.17) is 4.74 Å². The lowest BCUT2D eigenvalue weighted by Gasteiger charge is -2.13. The maximum Gasteiger partial charge on any atom is 0.305 e. The summed E-state index contributed by atoms with van der Waals surface area (Å²) in [6.45, 7) is 3.57. The van der Waals surface area contributed by atoms with E-state index < -0.39 is 0 Å². The number of esters is 2. The van der Waals surface area contributed by atoms with Crippen LogP contribution in [0.1, 0.15) is 78.1 Å². The molecule has 5 nitrogen and oxygen atoms in total. The molecule has 1 aliphatic carbocycles. The number of ether oxygens (including phenoxy) is 2. The Bertz CT molecular complexity index is 612. The monoisotopic (exact) mass is 390 g/mol. The Kier molecular flexibility index (Phi) is 11.9. The quantitative estimate of drug-likeness (QED) is 0.251. The third-order valence-corrected chi connectivity index (χ3v) is 4.74. The van der Waals surface area contributed by atoms with Gasteiger partial charge >= 0.3 is 11.9 Å². The van der Waals surface area contributed by atoms with Gasteiger partial charge in [-0.25, -0.2) is 0 Å². The molecule has 28 heavy (non-hydrogen) atoms. The number of methoxy groups -OCH3 is 1. The van der Waals surface area contributed by atoms with Gasteiger partial charge in [0.15, 0.2) is 5.78 Å². The summed E-state index contributed by atoms with van der Waals surface area (Å²) in [5.74, 6) is -0.289. The van der Waals surface area contributed by atoms with Gasteiger partial charge in [-0.05, 0) is 50.2 Å². The maximum atomic E-state index is 12.2. The molecule has 0 aromatic heterocycles. The van der Waals surface area contributed by atoms with E-state index >= 15 is 0 Å². The molecule has 0 aliphatic heterocycles. The fourth-order valence-electron chi connectivity index (χ4n) is 3.17. The van der Waals surface area contributed by atoms with Gasteiger partial charge in [-0.2, -0.15) is 0 Å². The molecule has 5 heteroatoms. The zero-order valence-corrected chi connectivity index (χ0v) is 17.5. The highest BCUT2D eigenvalue weighted by molar-refractivity contribution is 5.99. The van der Waals surface area contributed by atoms with Gasteiger partial charge in [0.1, 0.15) is 6.10 Å². The molecular weight excluding hydrogens is 356 g/mol. The summed E-state index contributed by atoms with van der Waals surface area (Å²) in [6.07, 6.45) is 15.5. The van der Waals surface area contributed by atoms with Crippen molar-refractivity contribution in [3.63, 3.8) is 0 Å². The van der Waals surface area contributed by atoms with Crippen molar-refractivity contribution >= 4 is 17.7 Å². The minimum absolute atomic E-state index is 0.189. The van der Waals surface area contributed by atoms with E-state index in [9.17, 15) is 14.4 Å². The number of carbonyl (C=O) groups excluding carboxylic acids is 3. The lowest BCUT2D eigenvalue weighted by molar-refractivity contribution is -0.144. The number of allylic oxidation sites excluding steroid dienone is 5. The van der Waals surface area contributed by atoms with Gasteiger partial charge in [-0.15, -0.1) is 0 Å². The van der Waals surface area contributed by atoms with Crippen LogP contribution in [-0.2, 0) is 23.9 Å². The maximum absolute atomic E-state index is 12.2. The zero-order valence-electron chi connectivity index (χ0n) is 17.5. The van der Waals surface area contributed by atoms with E-state index in [0.29, 0.717) is 19.3 Å². The predicted octanol–water partition coefficient (Wildman–Crippen LogP) is 5.00. The van der Waals surface area contributed by atoms with Gasteiger partial charge in [-0.3, -0.25) is 14.4 Å². The molecule has 1 aliphatic rings. The Labute approximate surface area is 168 Å². The van der Waals surface area contributed by atoms with Crippen LogP contribution in [0.2, 0.25) is 0 Å². The fourth-order valence-corrected chi connectivity index (χ4v) is 3.17. The van der Waals surface area contributed by atoms with Crippen molar-refractivity contribution in [2.24, 2.45) is 0 Å². The molecule has 0 amide bonds. The lowest BCUT2D eigenvalue weighted by Crippen LogP contribution is -2.13. The Balaban J connectivity index is 2.63. The summed E-state index contributed by atoms with van der Waals surface area (Å²) in [5, 5.41) is 0. The Morgan fingerprint density at radius 1 is 1.14 bits per heavy atom. The highest BCUT2D eigenvalue weighted by Gasteiger charge is 2.20. The summed E-state index contributed by atoms with van der Waals surface area (Å²) < 4.78 is 10.0. The lowest BCUT2D eigenvalue weighted by atomic mass is 10.0. The van der Waals surface area contributed by atoms with Crippen LogP contribution in [0.4, 0.5) is 0 Å². The number of unbranched alkanes of at least 4 members (excludes halogenated alkanes) is 3. The standard InChI is InChI=1S/C23H34O5/c1-4-5-8-11-20(28-18(2)24)16-14-19-15-17-22(25)21(19)12-9-6-7-10-13-23(26)27-3/h6,9,14,16,20H,4-5,7-8,10-13,15,17H2,1-3H3/b9-6-,16-14+. The van der Waals surface area contributed by atoms with Crippen molar-refractivity contribution in [2.45, 2.75) is 84.2 Å². The van der Waals surface area contributed by atoms with Crippen LogP contribution in [0.5, 0.6) is 0 Å². The smallest absolute Gasteiger partial charge is 0.305 e. The van der Waals surface area contributed by atoms with Crippen LogP contribution in [-0.4, -0.2) is 30.9 Å². The molecule has 0 saturated carbocycles. The van der Waals surface area contributed by atoms with E-state index in [1.54, 1.807) is 0 Å². The van der Waals surface area contributed by atoms with Crippen molar-refractivity contribution in [2.75, 3.05) is 7.11 Å². The number of hydrogen-bond donors (Lipinski definition) is 0. The molecule has 0 radical (unpaired) electrons. The van der Waals surface area contributed by atoms with E-state index in [2.05, 4.69) is 11.7 Å². The van der Waals surface area contributed by atoms with Gasteiger partial charge in [0, 0.05) is 25.3 Å². The second kappa shape index (κ2) is 13.9. The highest BCUT2D eigenvalue weighted by Crippen LogP contribution is 2.27. The molecule has 0 bridgehead atoms. The van der Waals surface area contributed by atoms with Gasteiger partial charge in [-0.1, -0.05) is 38.0 Å². The summed E-state index contributed by atoms with van der Waals surface area (Å²) >= 11 is 0. The molecule has 1 unspecified atom stereocenters. The molecule has 0 fully saturated rings. The molecular formula is C23H34O5.